The maximum atomic E-state index is 11.3. The van der Waals surface area contributed by atoms with E-state index in [1.54, 1.807) is 25.1 Å². The van der Waals surface area contributed by atoms with E-state index in [0.717, 1.165) is 11.2 Å². The molecule has 0 amide bonds. The van der Waals surface area contributed by atoms with E-state index in [0.29, 0.717) is 35.0 Å². The Bertz CT molecular complexity index is 774. The highest BCUT2D eigenvalue weighted by Gasteiger charge is 2.22. The molecule has 0 aliphatic heterocycles. The number of hydrogen-bond donors (Lipinski definition) is 1. The number of ether oxygens (including phenoxy) is 1. The first-order valence-electron chi connectivity index (χ1n) is 7.07. The molecule has 23 heavy (non-hydrogen) atoms. The molecule has 7 heteroatoms. The summed E-state index contributed by atoms with van der Waals surface area (Å²) in [6.07, 6.45) is 0.835. The van der Waals surface area contributed by atoms with Crippen LogP contribution in [0.3, 0.4) is 0 Å². The van der Waals surface area contributed by atoms with Crippen LogP contribution in [0.25, 0.3) is 11.4 Å². The van der Waals surface area contributed by atoms with Crippen molar-refractivity contribution in [2.45, 2.75) is 20.3 Å². The van der Waals surface area contributed by atoms with Gasteiger partial charge in [-0.1, -0.05) is 6.92 Å². The van der Waals surface area contributed by atoms with Crippen molar-refractivity contribution in [3.63, 3.8) is 0 Å². The third kappa shape index (κ3) is 3.11. The first kappa shape index (κ1) is 16.4. The maximum absolute atomic E-state index is 11.3. The molecule has 0 fully saturated rings. The van der Waals surface area contributed by atoms with Crippen LogP contribution >= 0.6 is 0 Å². The fourth-order valence-electron chi connectivity index (χ4n) is 2.21. The number of benzene rings is 1. The zero-order valence-electron chi connectivity index (χ0n) is 13.2. The summed E-state index contributed by atoms with van der Waals surface area (Å²) < 4.78 is 6.66. The Morgan fingerprint density at radius 3 is 2.78 bits per heavy atom. The van der Waals surface area contributed by atoms with Crippen molar-refractivity contribution < 1.29 is 19.5 Å². The van der Waals surface area contributed by atoms with Gasteiger partial charge in [0, 0.05) is 5.56 Å². The molecule has 120 valence electrons. The van der Waals surface area contributed by atoms with Crippen molar-refractivity contribution in [2.24, 2.45) is 0 Å². The van der Waals surface area contributed by atoms with Crippen molar-refractivity contribution in [1.82, 2.24) is 9.71 Å². The standard InChI is InChI=1S/C16H17N3O4/c1-4-7-23-13-6-5-11(8-12(13)9-17)15-18-10(2)14(16(20)21)19(15)22-3/h5-6,8H,4,7H2,1-3H3,(H,20,21). The molecule has 1 aromatic carbocycles. The van der Waals surface area contributed by atoms with Gasteiger partial charge in [0.05, 0.1) is 17.9 Å². The number of carboxylic acids is 1. The van der Waals surface area contributed by atoms with E-state index in [9.17, 15) is 15.2 Å². The Morgan fingerprint density at radius 2 is 2.22 bits per heavy atom. The lowest BCUT2D eigenvalue weighted by molar-refractivity contribution is 0.0640. The molecule has 0 atom stereocenters. The number of carboxylic acid groups (broad SMARTS) is 1. The van der Waals surface area contributed by atoms with Gasteiger partial charge in [-0.05, 0) is 31.5 Å². The quantitative estimate of drug-likeness (QED) is 0.878. The number of imidazole rings is 1. The number of aryl methyl sites for hydroxylation is 1. The van der Waals surface area contributed by atoms with E-state index in [2.05, 4.69) is 11.1 Å². The van der Waals surface area contributed by atoms with Gasteiger partial charge in [-0.15, -0.1) is 0 Å². The lowest BCUT2D eigenvalue weighted by atomic mass is 10.1. The Morgan fingerprint density at radius 1 is 1.48 bits per heavy atom. The van der Waals surface area contributed by atoms with Crippen LogP contribution < -0.4 is 9.57 Å². The molecular weight excluding hydrogens is 298 g/mol. The van der Waals surface area contributed by atoms with Crippen LogP contribution in [0, 0.1) is 18.3 Å². The van der Waals surface area contributed by atoms with Crippen LogP contribution in [0.1, 0.15) is 35.1 Å². The minimum absolute atomic E-state index is 0.0488. The summed E-state index contributed by atoms with van der Waals surface area (Å²) >= 11 is 0. The number of nitriles is 1. The van der Waals surface area contributed by atoms with Crippen molar-refractivity contribution in [3.05, 3.63) is 35.2 Å². The molecule has 0 bridgehead atoms. The molecule has 7 nitrogen and oxygen atoms in total. The summed E-state index contributed by atoms with van der Waals surface area (Å²) in [5, 5.41) is 18.5. The van der Waals surface area contributed by atoms with Gasteiger partial charge >= 0.3 is 5.97 Å². The van der Waals surface area contributed by atoms with Gasteiger partial charge in [0.2, 0.25) is 0 Å². The minimum Gasteiger partial charge on any atom is -0.492 e. The van der Waals surface area contributed by atoms with Gasteiger partial charge in [0.1, 0.15) is 18.9 Å². The van der Waals surface area contributed by atoms with Gasteiger partial charge in [-0.25, -0.2) is 9.78 Å². The summed E-state index contributed by atoms with van der Waals surface area (Å²) in [6, 6.07) is 7.07. The van der Waals surface area contributed by atoms with E-state index < -0.39 is 5.97 Å². The normalized spacial score (nSPS) is 10.2. The average molecular weight is 315 g/mol. The highest BCUT2D eigenvalue weighted by Crippen LogP contribution is 2.27. The molecule has 2 rings (SSSR count). The van der Waals surface area contributed by atoms with Gasteiger partial charge < -0.3 is 14.7 Å². The zero-order chi connectivity index (χ0) is 17.0. The van der Waals surface area contributed by atoms with Crippen LogP contribution in [-0.4, -0.2) is 34.5 Å². The van der Waals surface area contributed by atoms with Crippen LogP contribution in [0.4, 0.5) is 0 Å². The maximum Gasteiger partial charge on any atom is 0.357 e. The average Bonchev–Trinajstić information content (AvgIpc) is 2.89. The van der Waals surface area contributed by atoms with Gasteiger partial charge in [-0.2, -0.15) is 9.99 Å². The Balaban J connectivity index is 2.53. The number of aromatic nitrogens is 2. The number of aromatic carboxylic acids is 1. The van der Waals surface area contributed by atoms with Crippen LogP contribution in [-0.2, 0) is 0 Å². The third-order valence-corrected chi connectivity index (χ3v) is 3.22. The molecule has 0 aliphatic carbocycles. The molecule has 0 radical (unpaired) electrons. The van der Waals surface area contributed by atoms with Crippen molar-refractivity contribution in [2.75, 3.05) is 13.7 Å². The van der Waals surface area contributed by atoms with Crippen LogP contribution in [0.15, 0.2) is 18.2 Å². The van der Waals surface area contributed by atoms with Crippen molar-refractivity contribution >= 4 is 5.97 Å². The van der Waals surface area contributed by atoms with E-state index in [1.807, 2.05) is 6.92 Å². The SMILES string of the molecule is CCCOc1ccc(-c2nc(C)c(C(=O)O)n2OC)cc1C#N. The van der Waals surface area contributed by atoms with Crippen LogP contribution in [0.5, 0.6) is 5.75 Å². The van der Waals surface area contributed by atoms with Gasteiger partial charge in [-0.3, -0.25) is 0 Å². The molecule has 1 heterocycles. The van der Waals surface area contributed by atoms with E-state index in [-0.39, 0.29) is 5.69 Å². The summed E-state index contributed by atoms with van der Waals surface area (Å²) in [5.41, 5.74) is 1.21. The Kier molecular flexibility index (Phi) is 4.86. The second kappa shape index (κ2) is 6.83. The number of rotatable bonds is 6. The lowest BCUT2D eigenvalue weighted by Crippen LogP contribution is -2.15. The molecule has 0 saturated heterocycles. The zero-order valence-corrected chi connectivity index (χ0v) is 13.2. The molecular formula is C16H17N3O4. The first-order chi connectivity index (χ1) is 11.0. The smallest absolute Gasteiger partial charge is 0.357 e. The predicted molar refractivity (Wildman–Crippen MR) is 82.4 cm³/mol. The molecule has 0 aliphatic rings. The van der Waals surface area contributed by atoms with Crippen LogP contribution in [0.2, 0.25) is 0 Å². The topological polar surface area (TPSA) is 97.4 Å². The molecule has 0 spiro atoms. The summed E-state index contributed by atoms with van der Waals surface area (Å²) in [4.78, 5) is 20.7. The van der Waals surface area contributed by atoms with Gasteiger partial charge in [0.15, 0.2) is 11.5 Å². The molecule has 1 N–H and O–H groups in total. The number of nitrogens with zero attached hydrogens (tertiary/aromatic N) is 3. The Hall–Kier alpha value is -3.01. The minimum atomic E-state index is -1.13. The fraction of sp³-hybridized carbons (Fsp3) is 0.312. The van der Waals surface area contributed by atoms with Crippen molar-refractivity contribution in [3.8, 4) is 23.2 Å². The largest absolute Gasteiger partial charge is 0.492 e. The Labute approximate surface area is 133 Å². The lowest BCUT2D eigenvalue weighted by Gasteiger charge is -2.10. The highest BCUT2D eigenvalue weighted by atomic mass is 16.6. The van der Waals surface area contributed by atoms with E-state index in [1.165, 1.54) is 7.11 Å². The number of hydrogen-bond acceptors (Lipinski definition) is 5. The second-order valence-electron chi connectivity index (χ2n) is 4.82. The molecule has 0 saturated carbocycles. The monoisotopic (exact) mass is 315 g/mol. The van der Waals surface area contributed by atoms with Gasteiger partial charge in [0.25, 0.3) is 0 Å². The summed E-state index contributed by atoms with van der Waals surface area (Å²) in [5.74, 6) is -0.323. The summed E-state index contributed by atoms with van der Waals surface area (Å²) in [6.45, 7) is 4.08. The number of carbonyl (C=O) groups is 1. The second-order valence-corrected chi connectivity index (χ2v) is 4.82. The van der Waals surface area contributed by atoms with Crippen molar-refractivity contribution in [1.29, 1.82) is 5.26 Å². The summed E-state index contributed by atoms with van der Waals surface area (Å²) in [7, 11) is 1.36. The highest BCUT2D eigenvalue weighted by molar-refractivity contribution is 5.88. The third-order valence-electron chi connectivity index (χ3n) is 3.22. The molecule has 0 unspecified atom stereocenters. The van der Waals surface area contributed by atoms with E-state index in [4.69, 9.17) is 9.57 Å². The predicted octanol–water partition coefficient (Wildman–Crippen LogP) is 2.28. The van der Waals surface area contributed by atoms with E-state index >= 15 is 0 Å². The molecule has 2 aromatic rings. The molecule has 1 aromatic heterocycles. The first-order valence-corrected chi connectivity index (χ1v) is 7.07. The fourth-order valence-corrected chi connectivity index (χ4v) is 2.21.